The van der Waals surface area contributed by atoms with E-state index in [1.165, 1.54) is 0 Å². The molecule has 4 atom stereocenters. The van der Waals surface area contributed by atoms with Crippen LogP contribution in [0, 0.1) is 6.92 Å². The predicted molar refractivity (Wildman–Crippen MR) is 97.8 cm³/mol. The first kappa shape index (κ1) is 17.4. The number of amides is 1. The van der Waals surface area contributed by atoms with E-state index in [2.05, 4.69) is 6.58 Å². The van der Waals surface area contributed by atoms with E-state index in [1.807, 2.05) is 5.32 Å². The van der Waals surface area contributed by atoms with Gasteiger partial charge in [-0.1, -0.05) is 24.8 Å². The molecule has 0 radical (unpaired) electrons. The summed E-state index contributed by atoms with van der Waals surface area (Å²) in [4.78, 5) is 11.9. The van der Waals surface area contributed by atoms with Crippen LogP contribution in [0.1, 0.15) is 21.7 Å². The lowest BCUT2D eigenvalue weighted by molar-refractivity contribution is -0.184. The molecule has 162 valence electrons. The van der Waals surface area contributed by atoms with Gasteiger partial charge in [0.2, 0.25) is 11.7 Å². The second kappa shape index (κ2) is 7.44. The second-order valence-corrected chi connectivity index (χ2v) is 8.22. The van der Waals surface area contributed by atoms with Crippen molar-refractivity contribution in [3.05, 3.63) is 53.8 Å². The number of aliphatic hydroxyl groups is 1. The van der Waals surface area contributed by atoms with Crippen molar-refractivity contribution >= 4 is 13.7 Å². The third-order valence-electron chi connectivity index (χ3n) is 4.44. The maximum Gasteiger partial charge on any atom is 0.530 e. The lowest BCUT2D eigenvalue weighted by Gasteiger charge is -2.33. The first-order valence-corrected chi connectivity index (χ1v) is 10.1. The highest BCUT2D eigenvalue weighted by Crippen LogP contribution is 2.56. The third kappa shape index (κ3) is 3.86. The summed E-state index contributed by atoms with van der Waals surface area (Å²) in [6.07, 6.45) is -5.69. The van der Waals surface area contributed by atoms with Crippen molar-refractivity contribution in [2.24, 2.45) is 0 Å². The summed E-state index contributed by atoms with van der Waals surface area (Å²) in [7, 11) is -4.71. The Balaban J connectivity index is 1.60. The molecular formula is C18H19F2N2O7P. The number of benzene rings is 1. The molecule has 1 saturated heterocycles. The second-order valence-electron chi connectivity index (χ2n) is 6.70. The number of halogens is 2. The molecule has 1 amide bonds. The van der Waals surface area contributed by atoms with Gasteiger partial charge in [-0.05, 0) is 12.5 Å². The van der Waals surface area contributed by atoms with Crippen LogP contribution in [0.2, 0.25) is 0 Å². The molecular weight excluding hydrogens is 425 g/mol. The van der Waals surface area contributed by atoms with Gasteiger partial charge in [0.15, 0.2) is 6.20 Å². The molecule has 1 unspecified atom stereocenters. The molecule has 9 nitrogen and oxygen atoms in total. The van der Waals surface area contributed by atoms with Crippen LogP contribution in [0.3, 0.4) is 0 Å². The number of aryl methyl sites for hydroxylation is 1. The summed E-state index contributed by atoms with van der Waals surface area (Å²) in [5.74, 6) is -6.45. The number of rotatable bonds is 4. The van der Waals surface area contributed by atoms with Crippen LogP contribution >= 0.6 is 7.82 Å². The van der Waals surface area contributed by atoms with Crippen LogP contribution in [0.15, 0.2) is 42.6 Å². The number of nitrogens with zero attached hydrogens (tertiary/aromatic N) is 1. The molecule has 4 rings (SSSR count). The molecule has 0 aliphatic carbocycles. The van der Waals surface area contributed by atoms with Gasteiger partial charge in [0.05, 0.1) is 10.7 Å². The SMILES string of the molecule is [2H]C([2H])(OP1(=O)OCc2cccc(C)c2O1)[C@]1(F)C[C@@H](O)[C@]([2H])(N2C=C(F)C(=O)NC2=C)O1. The number of aliphatic hydroxyl groups excluding tert-OH is 1. The predicted octanol–water partition coefficient (Wildman–Crippen LogP) is 2.52. The number of ether oxygens (including phenoxy) is 1. The molecule has 0 aromatic heterocycles. The zero-order valence-corrected chi connectivity index (χ0v) is 16.4. The average Bonchev–Trinajstić information content (AvgIpc) is 2.95. The maximum absolute atomic E-state index is 15.7. The first-order valence-electron chi connectivity index (χ1n) is 10.2. The van der Waals surface area contributed by atoms with Crippen LogP contribution in [-0.4, -0.2) is 40.6 Å². The van der Waals surface area contributed by atoms with Crippen molar-refractivity contribution in [1.29, 1.82) is 0 Å². The van der Waals surface area contributed by atoms with Crippen LogP contribution in [0.25, 0.3) is 0 Å². The number of fused-ring (bicyclic) bond motifs is 1. The molecule has 12 heteroatoms. The van der Waals surface area contributed by atoms with Gasteiger partial charge in [-0.25, -0.2) is 8.96 Å². The Morgan fingerprint density at radius 2 is 2.37 bits per heavy atom. The quantitative estimate of drug-likeness (QED) is 0.679. The fourth-order valence-electron chi connectivity index (χ4n) is 2.99. The summed E-state index contributed by atoms with van der Waals surface area (Å²) < 4.78 is 86.8. The van der Waals surface area contributed by atoms with E-state index >= 15 is 4.39 Å². The van der Waals surface area contributed by atoms with Gasteiger partial charge in [-0.15, -0.1) is 0 Å². The Kier molecular flexibility index (Phi) is 4.31. The number of carbonyl (C=O) groups excluding carboxylic acids is 1. The van der Waals surface area contributed by atoms with E-state index in [9.17, 15) is 18.9 Å². The van der Waals surface area contributed by atoms with Crippen molar-refractivity contribution in [2.75, 3.05) is 6.56 Å². The minimum Gasteiger partial charge on any atom is -0.403 e. The van der Waals surface area contributed by atoms with Crippen molar-refractivity contribution < 1.29 is 45.7 Å². The molecule has 0 spiro atoms. The van der Waals surface area contributed by atoms with E-state index in [1.54, 1.807) is 25.1 Å². The minimum absolute atomic E-state index is 0.124. The highest BCUT2D eigenvalue weighted by atomic mass is 31.2. The molecule has 2 N–H and O–H groups in total. The zero-order chi connectivity index (χ0) is 24.4. The van der Waals surface area contributed by atoms with E-state index in [4.69, 9.17) is 22.4 Å². The minimum atomic E-state index is -4.71. The molecule has 0 bridgehead atoms. The number of nitrogens with one attached hydrogen (secondary N) is 1. The van der Waals surface area contributed by atoms with Crippen LogP contribution in [-0.2, 0) is 29.8 Å². The zero-order valence-electron chi connectivity index (χ0n) is 18.6. The Labute approximate surface area is 174 Å². The van der Waals surface area contributed by atoms with Gasteiger partial charge in [0.25, 0.3) is 5.91 Å². The van der Waals surface area contributed by atoms with Crippen molar-refractivity contribution in [3.63, 3.8) is 0 Å². The Morgan fingerprint density at radius 3 is 3.13 bits per heavy atom. The van der Waals surface area contributed by atoms with Gasteiger partial charge in [0.1, 0.15) is 24.2 Å². The summed E-state index contributed by atoms with van der Waals surface area (Å²) in [5.41, 5.74) is 1.06. The van der Waals surface area contributed by atoms with E-state index in [0.29, 0.717) is 22.2 Å². The maximum atomic E-state index is 15.7. The number of phosphoric acid groups is 1. The molecule has 1 aromatic carbocycles. The van der Waals surface area contributed by atoms with E-state index < -0.39 is 56.5 Å². The van der Waals surface area contributed by atoms with Crippen molar-refractivity contribution in [3.8, 4) is 5.75 Å². The van der Waals surface area contributed by atoms with Crippen LogP contribution in [0.4, 0.5) is 8.78 Å². The fraction of sp³-hybridized carbons (Fsp3) is 0.389. The monoisotopic (exact) mass is 447 g/mol. The fourth-order valence-corrected chi connectivity index (χ4v) is 4.17. The van der Waals surface area contributed by atoms with E-state index in [-0.39, 0.29) is 12.4 Å². The van der Waals surface area contributed by atoms with Gasteiger partial charge in [-0.2, -0.15) is 4.39 Å². The molecule has 0 saturated carbocycles. The molecule has 3 aliphatic rings. The molecule has 1 aromatic rings. The number of hydrogen-bond donors (Lipinski definition) is 2. The van der Waals surface area contributed by atoms with Gasteiger partial charge < -0.3 is 24.6 Å². The molecule has 30 heavy (non-hydrogen) atoms. The van der Waals surface area contributed by atoms with Crippen LogP contribution in [0.5, 0.6) is 5.75 Å². The van der Waals surface area contributed by atoms with Crippen LogP contribution < -0.4 is 9.84 Å². The third-order valence-corrected chi connectivity index (χ3v) is 5.60. The average molecular weight is 447 g/mol. The Hall–Kier alpha value is -2.30. The summed E-state index contributed by atoms with van der Waals surface area (Å²) >= 11 is 0. The lowest BCUT2D eigenvalue weighted by Crippen LogP contribution is -2.46. The summed E-state index contributed by atoms with van der Waals surface area (Å²) in [5, 5.41) is 12.3. The number of hydrogen-bond acceptors (Lipinski definition) is 8. The highest BCUT2D eigenvalue weighted by molar-refractivity contribution is 7.49. The number of phosphoric ester groups is 1. The smallest absolute Gasteiger partial charge is 0.403 e. The largest absolute Gasteiger partial charge is 0.530 e. The normalized spacial score (nSPS) is 38.0. The highest BCUT2D eigenvalue weighted by Gasteiger charge is 2.52. The molecule has 3 aliphatic heterocycles. The standard InChI is InChI=1S/C18H19F2N2O7P/c1-10-4-3-5-12-8-26-30(25,29-15(10)12)27-9-18(20)6-14(23)17(28-18)22-7-13(19)16(24)21-11(22)2/h3-5,7,14,17,23H,2,6,8-9H2,1H3,(H,21,24)/t14-,17-,18+,30?/m1/s1/i9D2,17D. The van der Waals surface area contributed by atoms with E-state index in [0.717, 1.165) is 0 Å². The number of carbonyl (C=O) groups is 1. The summed E-state index contributed by atoms with van der Waals surface area (Å²) in [6, 6.07) is 4.96. The number of para-hydroxylation sites is 1. The molecule has 1 fully saturated rings. The van der Waals surface area contributed by atoms with Gasteiger partial charge in [0, 0.05) is 18.2 Å². The van der Waals surface area contributed by atoms with Gasteiger partial charge in [-0.3, -0.25) is 13.8 Å². The Bertz CT molecular complexity index is 1120. The van der Waals surface area contributed by atoms with Crippen molar-refractivity contribution in [2.45, 2.75) is 38.1 Å². The lowest BCUT2D eigenvalue weighted by atomic mass is 10.1. The Morgan fingerprint density at radius 1 is 1.60 bits per heavy atom. The van der Waals surface area contributed by atoms with Crippen molar-refractivity contribution in [1.82, 2.24) is 10.2 Å². The number of alkyl halides is 1. The van der Waals surface area contributed by atoms with Gasteiger partial charge >= 0.3 is 7.82 Å². The summed E-state index contributed by atoms with van der Waals surface area (Å²) in [6.45, 7) is 1.18. The first-order chi connectivity index (χ1) is 15.2. The molecule has 3 heterocycles. The topological polar surface area (TPSA) is 107 Å².